The van der Waals surface area contributed by atoms with Gasteiger partial charge in [-0.1, -0.05) is 12.1 Å². The van der Waals surface area contributed by atoms with Crippen LogP contribution in [0.15, 0.2) is 24.3 Å². The van der Waals surface area contributed by atoms with Gasteiger partial charge >= 0.3 is 0 Å². The smallest absolute Gasteiger partial charge is 0.118 e. The molecule has 0 radical (unpaired) electrons. The normalized spacial score (nSPS) is 12.4. The van der Waals surface area contributed by atoms with E-state index in [-0.39, 0.29) is 0 Å². The molecule has 0 saturated heterocycles. The van der Waals surface area contributed by atoms with Gasteiger partial charge in [-0.05, 0) is 37.6 Å². The summed E-state index contributed by atoms with van der Waals surface area (Å²) in [6.07, 6.45) is 2.08. The van der Waals surface area contributed by atoms with Crippen LogP contribution in [0, 0.1) is 0 Å². The van der Waals surface area contributed by atoms with Crippen LogP contribution in [0.3, 0.4) is 0 Å². The van der Waals surface area contributed by atoms with Gasteiger partial charge in [-0.25, -0.2) is 0 Å². The van der Waals surface area contributed by atoms with E-state index in [1.54, 1.807) is 14.2 Å². The fourth-order valence-corrected chi connectivity index (χ4v) is 1.81. The summed E-state index contributed by atoms with van der Waals surface area (Å²) < 4.78 is 15.6. The van der Waals surface area contributed by atoms with Gasteiger partial charge in [-0.2, -0.15) is 0 Å². The average molecular weight is 267 g/mol. The highest BCUT2D eigenvalue weighted by Gasteiger charge is 2.06. The molecule has 1 aromatic rings. The Morgan fingerprint density at radius 1 is 1.11 bits per heavy atom. The molecule has 1 rings (SSSR count). The van der Waals surface area contributed by atoms with Gasteiger partial charge in [0.25, 0.3) is 0 Å². The van der Waals surface area contributed by atoms with Crippen molar-refractivity contribution in [1.82, 2.24) is 5.32 Å². The molecule has 1 N–H and O–H groups in total. The lowest BCUT2D eigenvalue weighted by Crippen LogP contribution is -2.31. The van der Waals surface area contributed by atoms with Gasteiger partial charge in [0.05, 0.1) is 26.9 Å². The first-order valence-corrected chi connectivity index (χ1v) is 6.67. The van der Waals surface area contributed by atoms with E-state index in [4.69, 9.17) is 14.2 Å². The Bertz CT molecular complexity index is 327. The highest BCUT2D eigenvalue weighted by molar-refractivity contribution is 5.27. The van der Waals surface area contributed by atoms with Crippen LogP contribution < -0.4 is 10.1 Å². The van der Waals surface area contributed by atoms with Crippen LogP contribution in [0.2, 0.25) is 0 Å². The Labute approximate surface area is 116 Å². The number of methoxy groups -OCH3 is 2. The average Bonchev–Trinajstić information content (AvgIpc) is 2.47. The first-order valence-electron chi connectivity index (χ1n) is 6.67. The summed E-state index contributed by atoms with van der Waals surface area (Å²) in [4.78, 5) is 0. The standard InChI is InChI=1S/C15H25NO3/c1-16-14(12-19-11-10-17-2)7-4-13-5-8-15(18-3)9-6-13/h5-6,8-9,14,16H,4,7,10-12H2,1-3H3. The van der Waals surface area contributed by atoms with Crippen molar-refractivity contribution in [3.05, 3.63) is 29.8 Å². The topological polar surface area (TPSA) is 39.7 Å². The van der Waals surface area contributed by atoms with Gasteiger partial charge in [0, 0.05) is 13.2 Å². The summed E-state index contributed by atoms with van der Waals surface area (Å²) in [6, 6.07) is 8.59. The summed E-state index contributed by atoms with van der Waals surface area (Å²) in [7, 11) is 5.34. The highest BCUT2D eigenvalue weighted by Crippen LogP contribution is 2.13. The fraction of sp³-hybridized carbons (Fsp3) is 0.600. The zero-order valence-electron chi connectivity index (χ0n) is 12.1. The Morgan fingerprint density at radius 2 is 1.84 bits per heavy atom. The number of hydrogen-bond donors (Lipinski definition) is 1. The molecule has 108 valence electrons. The zero-order chi connectivity index (χ0) is 13.9. The SMILES string of the molecule is CNC(CCc1ccc(OC)cc1)COCCOC. The lowest BCUT2D eigenvalue weighted by atomic mass is 10.1. The molecule has 4 nitrogen and oxygen atoms in total. The van der Waals surface area contributed by atoms with E-state index in [2.05, 4.69) is 17.4 Å². The Morgan fingerprint density at radius 3 is 2.42 bits per heavy atom. The molecule has 1 atom stereocenters. The van der Waals surface area contributed by atoms with Crippen LogP contribution in [0.5, 0.6) is 5.75 Å². The molecular weight excluding hydrogens is 242 g/mol. The van der Waals surface area contributed by atoms with Crippen LogP contribution in [-0.2, 0) is 15.9 Å². The van der Waals surface area contributed by atoms with E-state index < -0.39 is 0 Å². The van der Waals surface area contributed by atoms with Crippen LogP contribution in [0.25, 0.3) is 0 Å². The van der Waals surface area contributed by atoms with Gasteiger partial charge < -0.3 is 19.5 Å². The molecule has 0 heterocycles. The van der Waals surface area contributed by atoms with Crippen LogP contribution >= 0.6 is 0 Å². The number of rotatable bonds is 10. The summed E-state index contributed by atoms with van der Waals surface area (Å²) in [5, 5.41) is 3.28. The summed E-state index contributed by atoms with van der Waals surface area (Å²) >= 11 is 0. The van der Waals surface area contributed by atoms with E-state index in [0.29, 0.717) is 19.3 Å². The number of likely N-dealkylation sites (N-methyl/N-ethyl adjacent to an activating group) is 1. The number of benzene rings is 1. The maximum absolute atomic E-state index is 5.54. The largest absolute Gasteiger partial charge is 0.497 e. The maximum Gasteiger partial charge on any atom is 0.118 e. The maximum atomic E-state index is 5.54. The second-order valence-corrected chi connectivity index (χ2v) is 4.44. The molecule has 0 aromatic heterocycles. The third-order valence-corrected chi connectivity index (χ3v) is 3.10. The molecule has 0 aliphatic rings. The quantitative estimate of drug-likeness (QED) is 0.657. The lowest BCUT2D eigenvalue weighted by Gasteiger charge is -2.16. The first-order chi connectivity index (χ1) is 9.30. The van der Waals surface area contributed by atoms with E-state index in [1.807, 2.05) is 19.2 Å². The Balaban J connectivity index is 2.27. The van der Waals surface area contributed by atoms with Crippen molar-refractivity contribution in [1.29, 1.82) is 0 Å². The molecule has 0 aliphatic carbocycles. The van der Waals surface area contributed by atoms with Crippen molar-refractivity contribution >= 4 is 0 Å². The van der Waals surface area contributed by atoms with Gasteiger partial charge in [0.15, 0.2) is 0 Å². The summed E-state index contributed by atoms with van der Waals surface area (Å²) in [5.74, 6) is 0.900. The monoisotopic (exact) mass is 267 g/mol. The van der Waals surface area contributed by atoms with Gasteiger partial charge in [-0.15, -0.1) is 0 Å². The van der Waals surface area contributed by atoms with Crippen molar-refractivity contribution in [3.63, 3.8) is 0 Å². The first kappa shape index (κ1) is 16.0. The molecule has 4 heteroatoms. The van der Waals surface area contributed by atoms with Crippen LogP contribution in [-0.4, -0.2) is 47.1 Å². The molecule has 0 bridgehead atoms. The molecule has 0 aliphatic heterocycles. The minimum Gasteiger partial charge on any atom is -0.497 e. The molecule has 0 spiro atoms. The number of aryl methyl sites for hydroxylation is 1. The zero-order valence-corrected chi connectivity index (χ0v) is 12.1. The van der Waals surface area contributed by atoms with E-state index in [0.717, 1.165) is 25.2 Å². The molecule has 1 unspecified atom stereocenters. The Hall–Kier alpha value is -1.10. The minimum absolute atomic E-state index is 0.374. The van der Waals surface area contributed by atoms with Gasteiger partial charge in [-0.3, -0.25) is 0 Å². The molecule has 1 aromatic carbocycles. The van der Waals surface area contributed by atoms with Crippen molar-refractivity contribution < 1.29 is 14.2 Å². The third kappa shape index (κ3) is 6.57. The highest BCUT2D eigenvalue weighted by atomic mass is 16.5. The van der Waals surface area contributed by atoms with Crippen molar-refractivity contribution in [2.24, 2.45) is 0 Å². The van der Waals surface area contributed by atoms with Gasteiger partial charge in [0.1, 0.15) is 5.75 Å². The second kappa shape index (κ2) is 9.78. The van der Waals surface area contributed by atoms with E-state index in [9.17, 15) is 0 Å². The van der Waals surface area contributed by atoms with Crippen molar-refractivity contribution in [3.8, 4) is 5.75 Å². The fourth-order valence-electron chi connectivity index (χ4n) is 1.81. The van der Waals surface area contributed by atoms with E-state index in [1.165, 1.54) is 5.56 Å². The van der Waals surface area contributed by atoms with Gasteiger partial charge in [0.2, 0.25) is 0 Å². The second-order valence-electron chi connectivity index (χ2n) is 4.44. The molecule has 0 amide bonds. The van der Waals surface area contributed by atoms with Crippen LogP contribution in [0.4, 0.5) is 0 Å². The van der Waals surface area contributed by atoms with E-state index >= 15 is 0 Å². The van der Waals surface area contributed by atoms with Crippen LogP contribution in [0.1, 0.15) is 12.0 Å². The molecule has 0 saturated carbocycles. The minimum atomic E-state index is 0.374. The summed E-state index contributed by atoms with van der Waals surface area (Å²) in [5.41, 5.74) is 1.32. The third-order valence-electron chi connectivity index (χ3n) is 3.10. The molecule has 19 heavy (non-hydrogen) atoms. The predicted octanol–water partition coefficient (Wildman–Crippen LogP) is 1.88. The lowest BCUT2D eigenvalue weighted by molar-refractivity contribution is 0.0586. The predicted molar refractivity (Wildman–Crippen MR) is 76.9 cm³/mol. The molecule has 0 fully saturated rings. The number of nitrogens with one attached hydrogen (secondary N) is 1. The van der Waals surface area contributed by atoms with Crippen molar-refractivity contribution in [2.45, 2.75) is 18.9 Å². The number of ether oxygens (including phenoxy) is 3. The molecular formula is C15H25NO3. The number of hydrogen-bond acceptors (Lipinski definition) is 4. The summed E-state index contributed by atoms with van der Waals surface area (Å²) in [6.45, 7) is 2.02. The Kier molecular flexibility index (Phi) is 8.21. The van der Waals surface area contributed by atoms with Crippen molar-refractivity contribution in [2.75, 3.05) is 41.1 Å².